The van der Waals surface area contributed by atoms with Crippen molar-refractivity contribution in [2.45, 2.75) is 26.3 Å². The van der Waals surface area contributed by atoms with E-state index in [0.717, 1.165) is 44.1 Å². The van der Waals surface area contributed by atoms with Gasteiger partial charge in [-0.2, -0.15) is 0 Å². The zero-order valence-electron chi connectivity index (χ0n) is 11.8. The summed E-state index contributed by atoms with van der Waals surface area (Å²) < 4.78 is 0. The van der Waals surface area contributed by atoms with Gasteiger partial charge in [0.1, 0.15) is 5.82 Å². The summed E-state index contributed by atoms with van der Waals surface area (Å²) in [5.74, 6) is 1.11. The van der Waals surface area contributed by atoms with E-state index >= 15 is 0 Å². The van der Waals surface area contributed by atoms with Crippen molar-refractivity contribution in [1.29, 1.82) is 0 Å². The first-order valence-electron chi connectivity index (χ1n) is 7.06. The van der Waals surface area contributed by atoms with Gasteiger partial charge in [0.25, 0.3) is 0 Å². The molecule has 0 radical (unpaired) electrons. The van der Waals surface area contributed by atoms with E-state index in [9.17, 15) is 0 Å². The van der Waals surface area contributed by atoms with Gasteiger partial charge in [0.05, 0.1) is 0 Å². The fraction of sp³-hybridized carbons (Fsp3) is 0.533. The molecular formula is C15H22N4. The van der Waals surface area contributed by atoms with E-state index in [1.807, 2.05) is 6.20 Å². The topological polar surface area (TPSA) is 31.4 Å². The number of anilines is 2. The van der Waals surface area contributed by atoms with Crippen LogP contribution in [0.25, 0.3) is 0 Å². The van der Waals surface area contributed by atoms with Crippen LogP contribution in [0.2, 0.25) is 0 Å². The quantitative estimate of drug-likeness (QED) is 0.876. The monoisotopic (exact) mass is 258 g/mol. The third-order valence-electron chi connectivity index (χ3n) is 4.02. The van der Waals surface area contributed by atoms with Gasteiger partial charge >= 0.3 is 0 Å². The first kappa shape index (κ1) is 12.5. The number of nitrogens with one attached hydrogen (secondary N) is 1. The lowest BCUT2D eigenvalue weighted by molar-refractivity contribution is 0.484. The highest BCUT2D eigenvalue weighted by Crippen LogP contribution is 2.35. The predicted octanol–water partition coefficient (Wildman–Crippen LogP) is 1.78. The first-order valence-corrected chi connectivity index (χ1v) is 7.06. The molecule has 0 spiro atoms. The minimum absolute atomic E-state index is 0.552. The number of fused-ring (bicyclic) bond motifs is 1. The zero-order valence-corrected chi connectivity index (χ0v) is 11.8. The van der Waals surface area contributed by atoms with Gasteiger partial charge < -0.3 is 15.1 Å². The Bertz CT molecular complexity index is 497. The fourth-order valence-corrected chi connectivity index (χ4v) is 3.09. The maximum absolute atomic E-state index is 4.56. The molecule has 0 amide bonds. The molecular weight excluding hydrogens is 236 g/mol. The highest BCUT2D eigenvalue weighted by molar-refractivity contribution is 5.69. The molecule has 1 saturated heterocycles. The Morgan fingerprint density at radius 2 is 2.32 bits per heavy atom. The standard InChI is InChI=1S/C15H22N4/c1-11(2)19-8-5-13-14(4-6-17-15(13)19)18-9-7-16-12(3)10-18/h4,6,12,16H,1,5,7-10H2,2-3H3. The number of hydrogen-bond donors (Lipinski definition) is 1. The zero-order chi connectivity index (χ0) is 13.4. The average Bonchev–Trinajstić information content (AvgIpc) is 2.82. The van der Waals surface area contributed by atoms with Crippen LogP contribution in [0, 0.1) is 0 Å². The third-order valence-corrected chi connectivity index (χ3v) is 4.02. The molecule has 1 N–H and O–H groups in total. The molecule has 0 aromatic carbocycles. The molecule has 3 heterocycles. The number of allylic oxidation sites excluding steroid dienone is 1. The highest BCUT2D eigenvalue weighted by Gasteiger charge is 2.27. The predicted molar refractivity (Wildman–Crippen MR) is 79.8 cm³/mol. The maximum atomic E-state index is 4.56. The second kappa shape index (κ2) is 4.85. The second-order valence-electron chi connectivity index (χ2n) is 5.57. The van der Waals surface area contributed by atoms with Crippen LogP contribution in [0.1, 0.15) is 19.4 Å². The van der Waals surface area contributed by atoms with Gasteiger partial charge in [-0.1, -0.05) is 6.58 Å². The van der Waals surface area contributed by atoms with Crippen LogP contribution in [0.15, 0.2) is 24.5 Å². The van der Waals surface area contributed by atoms with Crippen molar-refractivity contribution in [3.63, 3.8) is 0 Å². The van der Waals surface area contributed by atoms with E-state index in [1.54, 1.807) is 0 Å². The number of hydrogen-bond acceptors (Lipinski definition) is 4. The Hall–Kier alpha value is -1.55. The lowest BCUT2D eigenvalue weighted by Gasteiger charge is -2.34. The molecule has 19 heavy (non-hydrogen) atoms. The Balaban J connectivity index is 1.94. The summed E-state index contributed by atoms with van der Waals surface area (Å²) in [5.41, 5.74) is 3.83. The van der Waals surface area contributed by atoms with Crippen LogP contribution in [0.4, 0.5) is 11.5 Å². The summed E-state index contributed by atoms with van der Waals surface area (Å²) in [7, 11) is 0. The van der Waals surface area contributed by atoms with Crippen molar-refractivity contribution < 1.29 is 0 Å². The molecule has 0 aliphatic carbocycles. The number of nitrogens with zero attached hydrogens (tertiary/aromatic N) is 3. The van der Waals surface area contributed by atoms with Crippen molar-refractivity contribution in [2.24, 2.45) is 0 Å². The largest absolute Gasteiger partial charge is 0.368 e. The van der Waals surface area contributed by atoms with Gasteiger partial charge in [0.15, 0.2) is 0 Å². The number of piperazine rings is 1. The molecule has 3 rings (SSSR count). The lowest BCUT2D eigenvalue weighted by atomic mass is 10.1. The van der Waals surface area contributed by atoms with Gasteiger partial charge in [0, 0.05) is 55.4 Å². The van der Waals surface area contributed by atoms with Gasteiger partial charge in [-0.3, -0.25) is 0 Å². The number of pyridine rings is 1. The van der Waals surface area contributed by atoms with Crippen molar-refractivity contribution in [2.75, 3.05) is 36.0 Å². The van der Waals surface area contributed by atoms with Crippen LogP contribution in [-0.4, -0.2) is 37.2 Å². The number of aromatic nitrogens is 1. The number of rotatable bonds is 2. The molecule has 4 nitrogen and oxygen atoms in total. The van der Waals surface area contributed by atoms with E-state index in [-0.39, 0.29) is 0 Å². The van der Waals surface area contributed by atoms with Crippen LogP contribution in [-0.2, 0) is 6.42 Å². The van der Waals surface area contributed by atoms with Gasteiger partial charge in [-0.25, -0.2) is 4.98 Å². The van der Waals surface area contributed by atoms with Crippen molar-refractivity contribution in [1.82, 2.24) is 10.3 Å². The summed E-state index contributed by atoms with van der Waals surface area (Å²) in [6.45, 7) is 12.6. The molecule has 2 aliphatic heterocycles. The molecule has 1 aromatic rings. The SMILES string of the molecule is C=C(C)N1CCc2c(N3CCNC(C)C3)ccnc21. The smallest absolute Gasteiger partial charge is 0.138 e. The summed E-state index contributed by atoms with van der Waals surface area (Å²) in [5, 5.41) is 3.49. The molecule has 1 aromatic heterocycles. The molecule has 1 unspecified atom stereocenters. The molecule has 102 valence electrons. The molecule has 4 heteroatoms. The van der Waals surface area contributed by atoms with Gasteiger partial charge in [0.2, 0.25) is 0 Å². The normalized spacial score (nSPS) is 22.5. The average molecular weight is 258 g/mol. The summed E-state index contributed by atoms with van der Waals surface area (Å²) in [6, 6.07) is 2.72. The summed E-state index contributed by atoms with van der Waals surface area (Å²) in [6.07, 6.45) is 3.01. The van der Waals surface area contributed by atoms with Crippen molar-refractivity contribution in [3.05, 3.63) is 30.1 Å². The van der Waals surface area contributed by atoms with Gasteiger partial charge in [-0.15, -0.1) is 0 Å². The molecule has 1 atom stereocenters. The van der Waals surface area contributed by atoms with Crippen LogP contribution in [0.3, 0.4) is 0 Å². The molecule has 1 fully saturated rings. The van der Waals surface area contributed by atoms with Crippen LogP contribution in [0.5, 0.6) is 0 Å². The third kappa shape index (κ3) is 2.21. The van der Waals surface area contributed by atoms with Crippen LogP contribution < -0.4 is 15.1 Å². The van der Waals surface area contributed by atoms with E-state index < -0.39 is 0 Å². The Morgan fingerprint density at radius 3 is 3.05 bits per heavy atom. The fourth-order valence-electron chi connectivity index (χ4n) is 3.09. The minimum Gasteiger partial charge on any atom is -0.368 e. The van der Waals surface area contributed by atoms with E-state index in [1.165, 1.54) is 11.3 Å². The van der Waals surface area contributed by atoms with Crippen molar-refractivity contribution >= 4 is 11.5 Å². The maximum Gasteiger partial charge on any atom is 0.138 e. The van der Waals surface area contributed by atoms with E-state index in [4.69, 9.17) is 0 Å². The molecule has 0 saturated carbocycles. The summed E-state index contributed by atoms with van der Waals surface area (Å²) >= 11 is 0. The van der Waals surface area contributed by atoms with Gasteiger partial charge in [-0.05, 0) is 26.3 Å². The Labute approximate surface area is 115 Å². The Morgan fingerprint density at radius 1 is 1.47 bits per heavy atom. The van der Waals surface area contributed by atoms with E-state index in [0.29, 0.717) is 6.04 Å². The van der Waals surface area contributed by atoms with E-state index in [2.05, 4.69) is 46.6 Å². The highest BCUT2D eigenvalue weighted by atomic mass is 15.2. The second-order valence-corrected chi connectivity index (χ2v) is 5.57. The molecule has 0 bridgehead atoms. The molecule has 2 aliphatic rings. The lowest BCUT2D eigenvalue weighted by Crippen LogP contribution is -2.49. The summed E-state index contributed by atoms with van der Waals surface area (Å²) in [4.78, 5) is 9.28. The van der Waals surface area contributed by atoms with Crippen molar-refractivity contribution in [3.8, 4) is 0 Å². The van der Waals surface area contributed by atoms with Crippen LogP contribution >= 0.6 is 0 Å². The minimum atomic E-state index is 0.552. The first-order chi connectivity index (χ1) is 9.16. The Kier molecular flexibility index (Phi) is 3.19.